The van der Waals surface area contributed by atoms with Gasteiger partial charge < -0.3 is 24.8 Å². The van der Waals surface area contributed by atoms with Crippen LogP contribution >= 0.6 is 7.75 Å². The highest BCUT2D eigenvalue weighted by Crippen LogP contribution is 2.47. The number of aliphatic hydroxyl groups excluding tert-OH is 1. The van der Waals surface area contributed by atoms with Crippen molar-refractivity contribution in [3.63, 3.8) is 0 Å². The maximum absolute atomic E-state index is 15.5. The Hall–Kier alpha value is -2.83. The van der Waals surface area contributed by atoms with Gasteiger partial charge in [0.1, 0.15) is 29.8 Å². The lowest BCUT2D eigenvalue weighted by atomic mass is 9.98. The number of nitrogens with zero attached hydrogens (tertiary/aromatic N) is 2. The maximum atomic E-state index is 15.5. The molecule has 1 fully saturated rings. The van der Waals surface area contributed by atoms with Crippen LogP contribution in [0.25, 0.3) is 0 Å². The number of carbonyl (C=O) groups is 1. The Morgan fingerprint density at radius 2 is 2.00 bits per heavy atom. The highest BCUT2D eigenvalue weighted by Gasteiger charge is 2.56. The zero-order valence-electron chi connectivity index (χ0n) is 20.2. The van der Waals surface area contributed by atoms with Gasteiger partial charge in [-0.3, -0.25) is 13.9 Å². The number of ether oxygens (including phenoxy) is 2. The first kappa shape index (κ1) is 27.8. The summed E-state index contributed by atoms with van der Waals surface area (Å²) in [6, 6.07) is 8.20. The number of nitrogens with two attached hydrogens (primary N) is 1. The summed E-state index contributed by atoms with van der Waals surface area (Å²) >= 11 is 0. The Morgan fingerprint density at radius 1 is 1.33 bits per heavy atom. The number of para-hydroxylation sites is 1. The van der Waals surface area contributed by atoms with Crippen LogP contribution in [0.5, 0.6) is 5.75 Å². The largest absolute Gasteiger partial charge is 0.462 e. The number of aromatic nitrogens is 2. The van der Waals surface area contributed by atoms with Gasteiger partial charge in [-0.1, -0.05) is 18.2 Å². The Labute approximate surface area is 207 Å². The number of esters is 1. The molecule has 36 heavy (non-hydrogen) atoms. The summed E-state index contributed by atoms with van der Waals surface area (Å²) in [4.78, 5) is 28.0. The predicted octanol–water partition coefficient (Wildman–Crippen LogP) is 1.95. The van der Waals surface area contributed by atoms with Crippen LogP contribution in [0.4, 0.5) is 10.2 Å². The highest BCUT2D eigenvalue weighted by atomic mass is 31.2. The van der Waals surface area contributed by atoms with E-state index in [-0.39, 0.29) is 11.6 Å². The van der Waals surface area contributed by atoms with Gasteiger partial charge in [0.05, 0.1) is 12.7 Å². The number of hydrogen-bond donors (Lipinski definition) is 3. The van der Waals surface area contributed by atoms with Gasteiger partial charge in [0.2, 0.25) is 0 Å². The Morgan fingerprint density at radius 3 is 2.61 bits per heavy atom. The summed E-state index contributed by atoms with van der Waals surface area (Å²) in [5.41, 5.74) is 2.16. The second kappa shape index (κ2) is 11.1. The molecule has 1 aliphatic rings. The molecule has 0 spiro atoms. The predicted molar refractivity (Wildman–Crippen MR) is 127 cm³/mol. The molecule has 1 aromatic heterocycles. The fourth-order valence-corrected chi connectivity index (χ4v) is 4.96. The zero-order chi connectivity index (χ0) is 26.7. The Kier molecular flexibility index (Phi) is 8.52. The number of carbonyl (C=O) groups excluding carboxylic acids is 1. The van der Waals surface area contributed by atoms with E-state index in [1.165, 1.54) is 31.3 Å². The van der Waals surface area contributed by atoms with E-state index in [9.17, 15) is 19.3 Å². The Bertz CT molecular complexity index is 1160. The van der Waals surface area contributed by atoms with Crippen LogP contribution in [-0.2, 0) is 23.4 Å². The summed E-state index contributed by atoms with van der Waals surface area (Å²) in [5, 5.41) is 13.1. The minimum atomic E-state index is -4.29. The fraction of sp³-hybridized carbons (Fsp3) is 0.500. The molecular weight excluding hydrogens is 498 g/mol. The number of hydrogen-bond acceptors (Lipinski definition) is 10. The number of nitrogens with one attached hydrogen (secondary N) is 1. The van der Waals surface area contributed by atoms with E-state index in [1.807, 2.05) is 0 Å². The second-order valence-corrected chi connectivity index (χ2v) is 10.4. The molecule has 0 bridgehead atoms. The summed E-state index contributed by atoms with van der Waals surface area (Å²) in [6.45, 7) is 5.16. The van der Waals surface area contributed by atoms with Crippen molar-refractivity contribution in [2.45, 2.75) is 63.9 Å². The van der Waals surface area contributed by atoms with Crippen LogP contribution in [0.1, 0.15) is 33.9 Å². The molecular formula is C22H30FN4O8P. The summed E-state index contributed by atoms with van der Waals surface area (Å²) in [7, 11) is -4.29. The smallest absolute Gasteiger partial charge is 0.459 e. The first-order valence-electron chi connectivity index (χ1n) is 11.2. The van der Waals surface area contributed by atoms with Crippen LogP contribution < -0.4 is 21.0 Å². The van der Waals surface area contributed by atoms with Crippen molar-refractivity contribution in [2.75, 3.05) is 12.3 Å². The number of anilines is 1. The molecule has 2 heterocycles. The molecule has 0 saturated carbocycles. The summed E-state index contributed by atoms with van der Waals surface area (Å²) in [5.74, 6) is -0.599. The van der Waals surface area contributed by atoms with Crippen LogP contribution in [-0.4, -0.2) is 57.3 Å². The SMILES string of the molecule is CC(C)OC(=O)[C@H](C)N[P@](=O)(OC[C@H]1O[C@H](n2ccc(N)nc2=O)[C@](C)(F)[C@@H]1O)Oc1ccccc1. The zero-order valence-corrected chi connectivity index (χ0v) is 21.1. The van der Waals surface area contributed by atoms with Crippen molar-refractivity contribution in [2.24, 2.45) is 0 Å². The molecule has 0 amide bonds. The molecule has 0 radical (unpaired) electrons. The fourth-order valence-electron chi connectivity index (χ4n) is 3.46. The van der Waals surface area contributed by atoms with Gasteiger partial charge in [-0.25, -0.2) is 13.8 Å². The Balaban J connectivity index is 1.79. The molecule has 1 saturated heterocycles. The molecule has 0 aliphatic carbocycles. The lowest BCUT2D eigenvalue weighted by Crippen LogP contribution is -2.43. The van der Waals surface area contributed by atoms with Crippen LogP contribution in [0.2, 0.25) is 0 Å². The molecule has 198 valence electrons. The third kappa shape index (κ3) is 6.48. The van der Waals surface area contributed by atoms with E-state index < -0.39 is 62.3 Å². The van der Waals surface area contributed by atoms with Crippen LogP contribution in [0.15, 0.2) is 47.4 Å². The van der Waals surface area contributed by atoms with E-state index in [2.05, 4.69) is 10.1 Å². The highest BCUT2D eigenvalue weighted by molar-refractivity contribution is 7.52. The standard InChI is InChI=1S/C22H30FN4O8P/c1-13(2)33-19(29)14(3)26-36(31,35-15-8-6-5-7-9-15)32-12-16-18(28)22(4,23)20(34-16)27-11-10-17(24)25-21(27)30/h5-11,13-14,16,18,20,28H,12H2,1-4H3,(H,26,31)(H2,24,25,30)/t14-,16+,18+,20-,22+,36-/m0/s1. The summed E-state index contributed by atoms with van der Waals surface area (Å²) < 4.78 is 51.6. The number of halogens is 1. The number of benzene rings is 1. The second-order valence-electron chi connectivity index (χ2n) is 8.70. The van der Waals surface area contributed by atoms with Gasteiger partial charge in [-0.05, 0) is 45.9 Å². The molecule has 14 heteroatoms. The van der Waals surface area contributed by atoms with Gasteiger partial charge in [-0.15, -0.1) is 0 Å². The van der Waals surface area contributed by atoms with Crippen LogP contribution in [0, 0.1) is 0 Å². The average molecular weight is 528 g/mol. The molecule has 2 aromatic rings. The monoisotopic (exact) mass is 528 g/mol. The van der Waals surface area contributed by atoms with Gasteiger partial charge in [-0.2, -0.15) is 10.1 Å². The van der Waals surface area contributed by atoms with E-state index >= 15 is 4.39 Å². The van der Waals surface area contributed by atoms with E-state index in [0.29, 0.717) is 0 Å². The first-order chi connectivity index (χ1) is 16.8. The third-order valence-corrected chi connectivity index (χ3v) is 6.90. The molecule has 0 unspecified atom stereocenters. The number of aliphatic hydroxyl groups is 1. The molecule has 12 nitrogen and oxygen atoms in total. The minimum Gasteiger partial charge on any atom is -0.462 e. The lowest BCUT2D eigenvalue weighted by Gasteiger charge is -2.25. The lowest BCUT2D eigenvalue weighted by molar-refractivity contribution is -0.149. The van der Waals surface area contributed by atoms with E-state index in [1.54, 1.807) is 32.0 Å². The van der Waals surface area contributed by atoms with Gasteiger partial charge in [0.25, 0.3) is 0 Å². The number of alkyl halides is 1. The van der Waals surface area contributed by atoms with Crippen molar-refractivity contribution >= 4 is 19.5 Å². The molecule has 1 aliphatic heterocycles. The molecule has 6 atom stereocenters. The van der Waals surface area contributed by atoms with Crippen LogP contribution in [0.3, 0.4) is 0 Å². The van der Waals surface area contributed by atoms with Crippen molar-refractivity contribution < 1.29 is 37.4 Å². The summed E-state index contributed by atoms with van der Waals surface area (Å²) in [6.07, 6.45) is -3.92. The van der Waals surface area contributed by atoms with Gasteiger partial charge in [0.15, 0.2) is 11.9 Å². The normalized spacial score (nSPS) is 26.4. The van der Waals surface area contributed by atoms with Gasteiger partial charge in [0, 0.05) is 6.20 Å². The third-order valence-electron chi connectivity index (χ3n) is 5.26. The quantitative estimate of drug-likeness (QED) is 0.305. The van der Waals surface area contributed by atoms with E-state index in [4.69, 9.17) is 24.3 Å². The van der Waals surface area contributed by atoms with E-state index in [0.717, 1.165) is 11.5 Å². The van der Waals surface area contributed by atoms with Crippen molar-refractivity contribution in [3.8, 4) is 5.75 Å². The van der Waals surface area contributed by atoms with Crippen molar-refractivity contribution in [3.05, 3.63) is 53.1 Å². The number of nitrogen functional groups attached to an aromatic ring is 1. The molecule has 3 rings (SSSR count). The maximum Gasteiger partial charge on any atom is 0.459 e. The topological polar surface area (TPSA) is 164 Å². The number of rotatable bonds is 10. The van der Waals surface area contributed by atoms with Crippen molar-refractivity contribution in [1.82, 2.24) is 14.6 Å². The average Bonchev–Trinajstić information content (AvgIpc) is 3.01. The minimum absolute atomic E-state index is 0.0644. The van der Waals surface area contributed by atoms with Crippen molar-refractivity contribution in [1.29, 1.82) is 0 Å². The first-order valence-corrected chi connectivity index (χ1v) is 12.7. The molecule has 1 aromatic carbocycles. The van der Waals surface area contributed by atoms with Gasteiger partial charge >= 0.3 is 19.4 Å². The molecule has 4 N–H and O–H groups in total.